The molecule has 0 radical (unpaired) electrons. The molecule has 1 aromatic heterocycles. The molecule has 0 bridgehead atoms. The van der Waals surface area contributed by atoms with Gasteiger partial charge in [0.05, 0.1) is 17.3 Å². The molecular formula is C27H28ClN3OS. The Morgan fingerprint density at radius 3 is 2.94 bits per heavy atom. The summed E-state index contributed by atoms with van der Waals surface area (Å²) in [7, 11) is 0. The molecule has 0 saturated carbocycles. The summed E-state index contributed by atoms with van der Waals surface area (Å²) in [4.78, 5) is 2.73. The number of aromatic nitrogens is 1. The van der Waals surface area contributed by atoms with Crippen LogP contribution in [0.15, 0.2) is 54.6 Å². The quantitative estimate of drug-likeness (QED) is 0.426. The maximum Gasteiger partial charge on any atom is 0.261 e. The van der Waals surface area contributed by atoms with Crippen molar-refractivity contribution >= 4 is 51.3 Å². The molecule has 1 N–H and O–H groups in total. The van der Waals surface area contributed by atoms with E-state index in [-0.39, 0.29) is 5.41 Å². The van der Waals surface area contributed by atoms with Crippen LogP contribution in [0.25, 0.3) is 16.6 Å². The van der Waals surface area contributed by atoms with Gasteiger partial charge in [0, 0.05) is 33.7 Å². The van der Waals surface area contributed by atoms with E-state index in [0.29, 0.717) is 22.8 Å². The zero-order valence-electron chi connectivity index (χ0n) is 18.8. The molecule has 170 valence electrons. The van der Waals surface area contributed by atoms with Gasteiger partial charge in [-0.25, -0.2) is 0 Å². The third-order valence-electron chi connectivity index (χ3n) is 7.75. The van der Waals surface area contributed by atoms with Gasteiger partial charge in [0.25, 0.3) is 5.17 Å². The van der Waals surface area contributed by atoms with Crippen molar-refractivity contribution < 1.29 is 4.74 Å². The minimum absolute atomic E-state index is 0.151. The van der Waals surface area contributed by atoms with Crippen molar-refractivity contribution in [3.8, 4) is 0 Å². The number of ether oxygens (including phenoxy) is 1. The Labute approximate surface area is 205 Å². The summed E-state index contributed by atoms with van der Waals surface area (Å²) in [6.07, 6.45) is 7.23. The third-order valence-corrected chi connectivity index (χ3v) is 8.20. The first-order valence-electron chi connectivity index (χ1n) is 11.9. The van der Waals surface area contributed by atoms with E-state index in [1.165, 1.54) is 47.2 Å². The second kappa shape index (κ2) is 8.15. The van der Waals surface area contributed by atoms with E-state index in [0.717, 1.165) is 25.1 Å². The largest absolute Gasteiger partial charge is 0.464 e. The van der Waals surface area contributed by atoms with Gasteiger partial charge in [0.1, 0.15) is 6.61 Å². The van der Waals surface area contributed by atoms with Crippen molar-refractivity contribution in [2.75, 3.05) is 25.0 Å². The summed E-state index contributed by atoms with van der Waals surface area (Å²) in [6, 6.07) is 16.8. The van der Waals surface area contributed by atoms with Gasteiger partial charge in [-0.2, -0.15) is 0 Å². The summed E-state index contributed by atoms with van der Waals surface area (Å²) < 4.78 is 8.60. The molecule has 0 spiro atoms. The van der Waals surface area contributed by atoms with Crippen LogP contribution in [0.3, 0.4) is 0 Å². The lowest BCUT2D eigenvalue weighted by Gasteiger charge is -2.53. The van der Waals surface area contributed by atoms with Gasteiger partial charge >= 0.3 is 0 Å². The molecule has 2 atom stereocenters. The predicted octanol–water partition coefficient (Wildman–Crippen LogP) is 6.65. The molecule has 4 heterocycles. The number of para-hydroxylation sites is 1. The van der Waals surface area contributed by atoms with Gasteiger partial charge in [-0.1, -0.05) is 48.9 Å². The number of thiocarbonyl (C=S) groups is 1. The summed E-state index contributed by atoms with van der Waals surface area (Å²) in [5.74, 6) is 0. The highest BCUT2D eigenvalue weighted by molar-refractivity contribution is 7.80. The lowest BCUT2D eigenvalue weighted by Crippen LogP contribution is -2.50. The molecule has 1 fully saturated rings. The van der Waals surface area contributed by atoms with Crippen LogP contribution in [0.1, 0.15) is 43.5 Å². The van der Waals surface area contributed by atoms with Crippen molar-refractivity contribution in [1.82, 2.24) is 9.47 Å². The number of fused-ring (bicyclic) bond motifs is 3. The molecule has 3 aliphatic heterocycles. The maximum absolute atomic E-state index is 6.13. The SMILES string of the molecule is CC[C@@]12C=C(COC(=S)Nc3cccc(Cl)c3)n3c4c(c5ccccc53)CCN(CCC1)[C@H]42. The molecule has 0 aliphatic carbocycles. The lowest BCUT2D eigenvalue weighted by molar-refractivity contribution is 0.0264. The third kappa shape index (κ3) is 3.40. The normalized spacial score (nSPS) is 23.7. The molecule has 0 unspecified atom stereocenters. The minimum atomic E-state index is 0.151. The molecular weight excluding hydrogens is 450 g/mol. The van der Waals surface area contributed by atoms with Crippen LogP contribution in [0.5, 0.6) is 0 Å². The smallest absolute Gasteiger partial charge is 0.261 e. The van der Waals surface area contributed by atoms with Crippen molar-refractivity contribution in [3.63, 3.8) is 0 Å². The first-order chi connectivity index (χ1) is 16.1. The van der Waals surface area contributed by atoms with Crippen LogP contribution in [0.2, 0.25) is 5.02 Å². The van der Waals surface area contributed by atoms with Crippen LogP contribution >= 0.6 is 23.8 Å². The molecule has 4 nitrogen and oxygen atoms in total. The van der Waals surface area contributed by atoms with E-state index >= 15 is 0 Å². The first-order valence-corrected chi connectivity index (χ1v) is 12.7. The molecule has 1 saturated heterocycles. The number of hydrogen-bond donors (Lipinski definition) is 1. The number of halogens is 1. The van der Waals surface area contributed by atoms with Crippen LogP contribution in [0.4, 0.5) is 5.69 Å². The predicted molar refractivity (Wildman–Crippen MR) is 140 cm³/mol. The average Bonchev–Trinajstić information content (AvgIpc) is 3.17. The number of rotatable bonds is 4. The van der Waals surface area contributed by atoms with E-state index < -0.39 is 0 Å². The topological polar surface area (TPSA) is 29.4 Å². The Balaban J connectivity index is 1.38. The Morgan fingerprint density at radius 1 is 1.21 bits per heavy atom. The van der Waals surface area contributed by atoms with Crippen LogP contribution in [-0.2, 0) is 11.2 Å². The van der Waals surface area contributed by atoms with Crippen molar-refractivity contribution in [1.29, 1.82) is 0 Å². The minimum Gasteiger partial charge on any atom is -0.464 e. The van der Waals surface area contributed by atoms with Crippen molar-refractivity contribution in [3.05, 3.63) is 70.9 Å². The Hall–Kier alpha value is -2.34. The zero-order valence-corrected chi connectivity index (χ0v) is 20.4. The van der Waals surface area contributed by atoms with Crippen LogP contribution in [0, 0.1) is 5.41 Å². The van der Waals surface area contributed by atoms with Gasteiger partial charge in [0.2, 0.25) is 0 Å². The Bertz CT molecular complexity index is 1280. The van der Waals surface area contributed by atoms with Crippen molar-refractivity contribution in [2.24, 2.45) is 5.41 Å². The Kier molecular flexibility index (Phi) is 5.24. The van der Waals surface area contributed by atoms with Gasteiger partial charge in [-0.3, -0.25) is 4.90 Å². The average molecular weight is 478 g/mol. The zero-order chi connectivity index (χ0) is 22.6. The second-order valence-corrected chi connectivity index (χ2v) is 10.2. The molecule has 0 amide bonds. The standard InChI is InChI=1S/C27H28ClN3OS/c1-2-27-12-6-13-30-14-11-22-21-9-3-4-10-23(21)31(24(22)25(27)30)20(16-27)17-32-26(33)29-19-8-5-7-18(28)15-19/h3-5,7-10,15-16,25H,2,6,11-14,17H2,1H3,(H,29,33)/t25-,27+/m1/s1. The fourth-order valence-corrected chi connectivity index (χ4v) is 6.72. The molecule has 3 aliphatic rings. The molecule has 2 aromatic carbocycles. The summed E-state index contributed by atoms with van der Waals surface area (Å²) in [6.45, 7) is 5.13. The number of piperidine rings is 1. The molecule has 33 heavy (non-hydrogen) atoms. The van der Waals surface area contributed by atoms with E-state index in [4.69, 9.17) is 28.6 Å². The van der Waals surface area contributed by atoms with Gasteiger partial charge in [-0.15, -0.1) is 0 Å². The number of hydrogen-bond acceptors (Lipinski definition) is 3. The van der Waals surface area contributed by atoms with Gasteiger partial charge < -0.3 is 14.6 Å². The highest BCUT2D eigenvalue weighted by atomic mass is 35.5. The highest BCUT2D eigenvalue weighted by Gasteiger charge is 2.50. The first kappa shape index (κ1) is 21.2. The summed E-state index contributed by atoms with van der Waals surface area (Å²) in [5, 5.41) is 5.58. The van der Waals surface area contributed by atoms with Crippen molar-refractivity contribution in [2.45, 2.75) is 38.6 Å². The number of nitrogens with one attached hydrogen (secondary N) is 1. The molecule has 3 aromatic rings. The number of benzene rings is 2. The Morgan fingerprint density at radius 2 is 2.09 bits per heavy atom. The van der Waals surface area contributed by atoms with Crippen LogP contribution in [-0.4, -0.2) is 34.3 Å². The maximum atomic E-state index is 6.13. The second-order valence-electron chi connectivity index (χ2n) is 9.44. The summed E-state index contributed by atoms with van der Waals surface area (Å²) in [5.41, 5.74) is 6.48. The monoisotopic (exact) mass is 477 g/mol. The number of nitrogens with zero attached hydrogens (tertiary/aromatic N) is 2. The fourth-order valence-electron chi connectivity index (χ4n) is 6.35. The van der Waals surface area contributed by atoms with E-state index in [1.807, 2.05) is 24.3 Å². The van der Waals surface area contributed by atoms with Gasteiger partial charge in [-0.05, 0) is 74.3 Å². The highest BCUT2D eigenvalue weighted by Crippen LogP contribution is 2.56. The molecule has 6 heteroatoms. The van der Waals surface area contributed by atoms with Gasteiger partial charge in [0.15, 0.2) is 0 Å². The van der Waals surface area contributed by atoms with E-state index in [1.54, 1.807) is 0 Å². The van der Waals surface area contributed by atoms with Crippen LogP contribution < -0.4 is 5.32 Å². The lowest BCUT2D eigenvalue weighted by atomic mass is 9.66. The fraction of sp³-hybridized carbons (Fsp3) is 0.370. The van der Waals surface area contributed by atoms with E-state index in [9.17, 15) is 0 Å². The number of anilines is 1. The van der Waals surface area contributed by atoms with E-state index in [2.05, 4.69) is 52.0 Å². The molecule has 6 rings (SSSR count). The summed E-state index contributed by atoms with van der Waals surface area (Å²) >= 11 is 11.6.